The van der Waals surface area contributed by atoms with Crippen molar-refractivity contribution in [1.82, 2.24) is 20.8 Å². The Morgan fingerprint density at radius 2 is 0.842 bits per heavy atom. The summed E-state index contributed by atoms with van der Waals surface area (Å²) >= 11 is 0. The smallest absolute Gasteiger partial charge is 0.220 e. The third kappa shape index (κ3) is 9.17. The van der Waals surface area contributed by atoms with Gasteiger partial charge in [-0.1, -0.05) is 25.7 Å². The summed E-state index contributed by atoms with van der Waals surface area (Å²) in [5.41, 5.74) is -0.499. The fourth-order valence-corrected chi connectivity index (χ4v) is 7.60. The van der Waals surface area contributed by atoms with E-state index in [-0.39, 0.29) is 46.1 Å². The molecule has 2 heterocycles. The summed E-state index contributed by atoms with van der Waals surface area (Å²) in [6.07, 6.45) is 10.9. The van der Waals surface area contributed by atoms with Gasteiger partial charge in [0.15, 0.2) is 0 Å². The monoisotopic (exact) mass is 538 g/mol. The minimum absolute atomic E-state index is 0.125. The quantitative estimate of drug-likeness (QED) is 0.301. The lowest BCUT2D eigenvalue weighted by Gasteiger charge is -2.53. The summed E-state index contributed by atoms with van der Waals surface area (Å²) in [7, 11) is 3.46. The van der Waals surface area contributed by atoms with Crippen LogP contribution in [-0.2, 0) is 19.3 Å². The van der Waals surface area contributed by atoms with Crippen molar-refractivity contribution in [3.8, 4) is 0 Å². The van der Waals surface area contributed by atoms with Crippen LogP contribution in [0.1, 0.15) is 132 Å². The van der Waals surface area contributed by atoms with E-state index in [0.29, 0.717) is 12.8 Å². The molecule has 8 nitrogen and oxygen atoms in total. The number of unbranched alkanes of at least 4 members (excludes halogenated alkanes) is 5. The molecule has 0 aromatic heterocycles. The zero-order valence-corrected chi connectivity index (χ0v) is 26.2. The van der Waals surface area contributed by atoms with E-state index < -0.39 is 0 Å². The van der Waals surface area contributed by atoms with E-state index >= 15 is 0 Å². The lowest BCUT2D eigenvalue weighted by molar-refractivity contribution is -0.267. The molecule has 2 N–H and O–H groups in total. The molecule has 2 aliphatic rings. The number of rotatable bonds is 13. The molecule has 0 saturated carbocycles. The van der Waals surface area contributed by atoms with Crippen molar-refractivity contribution in [3.05, 3.63) is 0 Å². The first kappa shape index (κ1) is 33.0. The first-order valence-corrected chi connectivity index (χ1v) is 14.8. The van der Waals surface area contributed by atoms with Gasteiger partial charge < -0.3 is 20.3 Å². The molecular formula is C30H58N4O4. The second-order valence-electron chi connectivity index (χ2n) is 14.2. The Bertz CT molecular complexity index is 680. The van der Waals surface area contributed by atoms with Crippen LogP contribution in [0, 0.1) is 0 Å². The first-order valence-electron chi connectivity index (χ1n) is 14.8. The molecule has 2 rings (SSSR count). The van der Waals surface area contributed by atoms with Gasteiger partial charge in [0, 0.05) is 47.1 Å². The number of nitrogens with one attached hydrogen (secondary N) is 2. The predicted molar refractivity (Wildman–Crippen MR) is 153 cm³/mol. The third-order valence-corrected chi connectivity index (χ3v) is 8.34. The summed E-state index contributed by atoms with van der Waals surface area (Å²) in [4.78, 5) is 36.4. The second kappa shape index (κ2) is 13.4. The molecule has 222 valence electrons. The normalized spacial score (nSPS) is 23.7. The summed E-state index contributed by atoms with van der Waals surface area (Å²) < 4.78 is 0. The zero-order chi connectivity index (χ0) is 28.8. The van der Waals surface area contributed by atoms with Crippen LogP contribution >= 0.6 is 0 Å². The fraction of sp³-hybridized carbons (Fsp3) is 0.933. The molecule has 0 aromatic carbocycles. The van der Waals surface area contributed by atoms with E-state index in [0.717, 1.165) is 64.2 Å². The minimum atomic E-state index is -0.125. The average molecular weight is 539 g/mol. The number of amides is 2. The van der Waals surface area contributed by atoms with Gasteiger partial charge in [-0.2, -0.15) is 10.1 Å². The van der Waals surface area contributed by atoms with E-state index in [9.17, 15) is 9.59 Å². The SMILES string of the molecule is CON1C(C)(C)CC(NC(=O)CCCCCCCCC(=O)NC2CC(C)(C)N(OC)C(C)(C)C2)CC1(C)C. The number of hydrogen-bond donors (Lipinski definition) is 2. The van der Waals surface area contributed by atoms with Crippen LogP contribution in [-0.4, -0.2) is 70.4 Å². The van der Waals surface area contributed by atoms with Crippen molar-refractivity contribution < 1.29 is 19.3 Å². The molecule has 2 aliphatic heterocycles. The van der Waals surface area contributed by atoms with Gasteiger partial charge in [-0.3, -0.25) is 9.59 Å². The van der Waals surface area contributed by atoms with Crippen LogP contribution in [0.4, 0.5) is 0 Å². The van der Waals surface area contributed by atoms with Crippen molar-refractivity contribution in [3.63, 3.8) is 0 Å². The Balaban J connectivity index is 1.57. The molecule has 0 unspecified atom stereocenters. The first-order chi connectivity index (χ1) is 17.5. The van der Waals surface area contributed by atoms with Gasteiger partial charge in [0.1, 0.15) is 0 Å². The van der Waals surface area contributed by atoms with Crippen molar-refractivity contribution in [2.24, 2.45) is 0 Å². The van der Waals surface area contributed by atoms with E-state index in [1.165, 1.54) is 0 Å². The summed E-state index contributed by atoms with van der Waals surface area (Å²) in [5, 5.41) is 10.7. The summed E-state index contributed by atoms with van der Waals surface area (Å²) in [5.74, 6) is 0.318. The van der Waals surface area contributed by atoms with Crippen molar-refractivity contribution in [1.29, 1.82) is 0 Å². The Morgan fingerprint density at radius 3 is 1.11 bits per heavy atom. The van der Waals surface area contributed by atoms with Crippen LogP contribution in [0.25, 0.3) is 0 Å². The zero-order valence-electron chi connectivity index (χ0n) is 26.2. The molecule has 0 aromatic rings. The Kier molecular flexibility index (Phi) is 11.7. The molecule has 0 bridgehead atoms. The van der Waals surface area contributed by atoms with Crippen LogP contribution in [0.2, 0.25) is 0 Å². The number of carbonyl (C=O) groups is 2. The lowest BCUT2D eigenvalue weighted by atomic mass is 9.79. The van der Waals surface area contributed by atoms with E-state index in [4.69, 9.17) is 9.68 Å². The van der Waals surface area contributed by atoms with E-state index in [2.05, 4.69) is 76.1 Å². The van der Waals surface area contributed by atoms with Crippen molar-refractivity contribution in [2.75, 3.05) is 14.2 Å². The van der Waals surface area contributed by atoms with Crippen molar-refractivity contribution in [2.45, 2.75) is 167 Å². The van der Waals surface area contributed by atoms with Gasteiger partial charge in [-0.15, -0.1) is 0 Å². The van der Waals surface area contributed by atoms with Gasteiger partial charge in [0.25, 0.3) is 0 Å². The van der Waals surface area contributed by atoms with Gasteiger partial charge in [0.2, 0.25) is 11.8 Å². The van der Waals surface area contributed by atoms with Crippen LogP contribution in [0.15, 0.2) is 0 Å². The number of nitrogens with zero attached hydrogens (tertiary/aromatic N) is 2. The Morgan fingerprint density at radius 1 is 0.579 bits per heavy atom. The maximum Gasteiger partial charge on any atom is 0.220 e. The number of piperidine rings is 2. The molecule has 0 aliphatic carbocycles. The second-order valence-corrected chi connectivity index (χ2v) is 14.2. The molecule has 0 atom stereocenters. The molecule has 38 heavy (non-hydrogen) atoms. The van der Waals surface area contributed by atoms with E-state index in [1.807, 2.05) is 0 Å². The van der Waals surface area contributed by atoms with Gasteiger partial charge in [0.05, 0.1) is 14.2 Å². The lowest BCUT2D eigenvalue weighted by Crippen LogP contribution is -2.63. The van der Waals surface area contributed by atoms with Crippen LogP contribution < -0.4 is 10.6 Å². The topological polar surface area (TPSA) is 83.1 Å². The van der Waals surface area contributed by atoms with Crippen LogP contribution in [0.3, 0.4) is 0 Å². The molecule has 8 heteroatoms. The molecule has 2 amide bonds. The van der Waals surface area contributed by atoms with Gasteiger partial charge in [-0.05, 0) is 93.9 Å². The van der Waals surface area contributed by atoms with Gasteiger partial charge >= 0.3 is 0 Å². The highest BCUT2D eigenvalue weighted by atomic mass is 16.7. The highest BCUT2D eigenvalue weighted by Crippen LogP contribution is 2.39. The molecule has 2 fully saturated rings. The average Bonchev–Trinajstić information content (AvgIpc) is 2.72. The molecular weight excluding hydrogens is 480 g/mol. The molecule has 0 spiro atoms. The summed E-state index contributed by atoms with van der Waals surface area (Å²) in [6.45, 7) is 17.4. The number of hydroxylamine groups is 4. The summed E-state index contributed by atoms with van der Waals surface area (Å²) in [6, 6.07) is 0.351. The van der Waals surface area contributed by atoms with E-state index in [1.54, 1.807) is 14.2 Å². The fourth-order valence-electron chi connectivity index (χ4n) is 7.60. The minimum Gasteiger partial charge on any atom is -0.353 e. The van der Waals surface area contributed by atoms with Gasteiger partial charge in [-0.25, -0.2) is 0 Å². The number of hydrogen-bond acceptors (Lipinski definition) is 6. The third-order valence-electron chi connectivity index (χ3n) is 8.34. The largest absolute Gasteiger partial charge is 0.353 e. The van der Waals surface area contributed by atoms with Crippen LogP contribution in [0.5, 0.6) is 0 Å². The molecule has 0 radical (unpaired) electrons. The Hall–Kier alpha value is -1.22. The number of carbonyl (C=O) groups excluding carboxylic acids is 2. The highest BCUT2D eigenvalue weighted by molar-refractivity contribution is 5.76. The standard InChI is InChI=1S/C30H58N4O4/c1-27(2)19-23(20-28(3,4)33(27)37-9)31-25(35)17-15-13-11-12-14-16-18-26(36)32-24-21-29(5,6)34(38-10)30(7,8)22-24/h23-24H,11-22H2,1-10H3,(H,31,35)(H,32,36). The molecule has 2 saturated heterocycles. The highest BCUT2D eigenvalue weighted by Gasteiger charge is 2.47. The van der Waals surface area contributed by atoms with Crippen molar-refractivity contribution >= 4 is 11.8 Å². The predicted octanol–water partition coefficient (Wildman–Crippen LogP) is 5.51. The maximum atomic E-state index is 12.6. The Labute approximate surface area is 232 Å². The maximum absolute atomic E-state index is 12.6.